The van der Waals surface area contributed by atoms with Gasteiger partial charge in [-0.05, 0) is 48.9 Å². The van der Waals surface area contributed by atoms with Crippen LogP contribution in [0.3, 0.4) is 0 Å². The molecule has 4 nitrogen and oxygen atoms in total. The molecule has 1 aliphatic rings. The summed E-state index contributed by atoms with van der Waals surface area (Å²) in [5.41, 5.74) is 6.06. The average molecular weight is 384 g/mol. The molecule has 1 fully saturated rings. The molecule has 0 radical (unpaired) electrons. The molecular weight excluding hydrogens is 365 g/mol. The first-order valence-electron chi connectivity index (χ1n) is 7.92. The lowest BCUT2D eigenvalue weighted by atomic mass is 10.1. The molecule has 1 aliphatic carbocycles. The number of halogens is 2. The van der Waals surface area contributed by atoms with Gasteiger partial charge < -0.3 is 10.5 Å². The Balaban J connectivity index is 1.99. The maximum Gasteiger partial charge on any atom is 0.183 e. The van der Waals surface area contributed by atoms with E-state index in [0.29, 0.717) is 17.2 Å². The number of sulfone groups is 1. The Morgan fingerprint density at radius 1 is 1.16 bits per heavy atom. The molecule has 134 valence electrons. The summed E-state index contributed by atoms with van der Waals surface area (Å²) in [4.78, 5) is 0.165. The highest BCUT2D eigenvalue weighted by molar-refractivity contribution is 7.92. The lowest BCUT2D eigenvalue weighted by molar-refractivity contribution is 0.125. The van der Waals surface area contributed by atoms with Gasteiger partial charge in [-0.25, -0.2) is 12.8 Å². The smallest absolute Gasteiger partial charge is 0.183 e. The van der Waals surface area contributed by atoms with Crippen LogP contribution in [0.15, 0.2) is 53.4 Å². The van der Waals surface area contributed by atoms with Crippen molar-refractivity contribution in [2.24, 2.45) is 5.73 Å². The van der Waals surface area contributed by atoms with Crippen molar-refractivity contribution in [2.75, 3.05) is 13.2 Å². The van der Waals surface area contributed by atoms with Crippen molar-refractivity contribution < 1.29 is 17.5 Å². The van der Waals surface area contributed by atoms with Crippen LogP contribution in [0.2, 0.25) is 5.02 Å². The third-order valence-electron chi connectivity index (χ3n) is 4.56. The highest BCUT2D eigenvalue weighted by atomic mass is 35.5. The normalized spacial score (nSPS) is 25.8. The Labute approximate surface area is 151 Å². The van der Waals surface area contributed by atoms with Crippen molar-refractivity contribution >= 4 is 21.4 Å². The predicted molar refractivity (Wildman–Crippen MR) is 95.0 cm³/mol. The van der Waals surface area contributed by atoms with Gasteiger partial charge in [0.1, 0.15) is 5.82 Å². The summed E-state index contributed by atoms with van der Waals surface area (Å²) < 4.78 is 44.8. The Morgan fingerprint density at radius 2 is 1.76 bits per heavy atom. The molecule has 0 spiro atoms. The van der Waals surface area contributed by atoms with E-state index in [0.717, 1.165) is 0 Å². The van der Waals surface area contributed by atoms with Crippen molar-refractivity contribution in [1.29, 1.82) is 0 Å². The van der Waals surface area contributed by atoms with E-state index in [1.54, 1.807) is 12.1 Å². The van der Waals surface area contributed by atoms with Crippen molar-refractivity contribution in [2.45, 2.75) is 28.5 Å². The zero-order valence-corrected chi connectivity index (χ0v) is 15.2. The lowest BCUT2D eigenvalue weighted by Crippen LogP contribution is -2.36. The second-order valence-electron chi connectivity index (χ2n) is 6.20. The van der Waals surface area contributed by atoms with Gasteiger partial charge in [0.2, 0.25) is 0 Å². The van der Waals surface area contributed by atoms with Gasteiger partial charge in [-0.3, -0.25) is 0 Å². The van der Waals surface area contributed by atoms with E-state index < -0.39 is 26.5 Å². The van der Waals surface area contributed by atoms with Crippen LogP contribution in [0.5, 0.6) is 0 Å². The van der Waals surface area contributed by atoms with Gasteiger partial charge in [0.25, 0.3) is 0 Å². The summed E-state index contributed by atoms with van der Waals surface area (Å²) in [6, 6.07) is 11.8. The van der Waals surface area contributed by atoms with Crippen LogP contribution in [-0.4, -0.2) is 32.4 Å². The van der Waals surface area contributed by atoms with E-state index in [-0.39, 0.29) is 17.3 Å². The summed E-state index contributed by atoms with van der Waals surface area (Å²) in [6.45, 7) is 2.37. The Morgan fingerprint density at radius 3 is 2.32 bits per heavy atom. The Bertz CT molecular complexity index is 855. The third kappa shape index (κ3) is 3.31. The minimum Gasteiger partial charge on any atom is -0.380 e. The topological polar surface area (TPSA) is 69.4 Å². The standard InChI is InChI=1S/C18H19ClFNO3S/c1-2-24-11-18(21)16(12-3-7-14(20)8-4-12)17(18)25(22,23)15-9-5-13(19)6-10-15/h3-10,16-17H,2,11,21H2,1H3/t16-,17+,18-/m1/s1. The third-order valence-corrected chi connectivity index (χ3v) is 7.12. The Hall–Kier alpha value is -1.47. The number of hydrogen-bond donors (Lipinski definition) is 1. The molecule has 0 aliphatic heterocycles. The molecule has 0 aromatic heterocycles. The quantitative estimate of drug-likeness (QED) is 0.831. The molecule has 0 unspecified atom stereocenters. The number of ether oxygens (including phenoxy) is 1. The van der Waals surface area contributed by atoms with Crippen molar-refractivity contribution in [3.8, 4) is 0 Å². The van der Waals surface area contributed by atoms with Crippen LogP contribution in [0.1, 0.15) is 18.4 Å². The fourth-order valence-corrected chi connectivity index (χ4v) is 5.68. The van der Waals surface area contributed by atoms with E-state index in [1.807, 2.05) is 6.92 Å². The molecule has 3 atom stereocenters. The van der Waals surface area contributed by atoms with Crippen molar-refractivity contribution in [1.82, 2.24) is 0 Å². The molecule has 0 bridgehead atoms. The van der Waals surface area contributed by atoms with Gasteiger partial charge in [0, 0.05) is 17.5 Å². The molecule has 1 saturated carbocycles. The monoisotopic (exact) mass is 383 g/mol. The molecule has 0 amide bonds. The van der Waals surface area contributed by atoms with Crippen LogP contribution in [-0.2, 0) is 14.6 Å². The van der Waals surface area contributed by atoms with E-state index in [9.17, 15) is 12.8 Å². The second kappa shape index (κ2) is 6.68. The zero-order chi connectivity index (χ0) is 18.2. The molecule has 7 heteroatoms. The van der Waals surface area contributed by atoms with Crippen LogP contribution in [0, 0.1) is 5.82 Å². The van der Waals surface area contributed by atoms with Gasteiger partial charge in [0.05, 0.1) is 22.3 Å². The van der Waals surface area contributed by atoms with E-state index >= 15 is 0 Å². The van der Waals surface area contributed by atoms with Crippen LogP contribution in [0.4, 0.5) is 4.39 Å². The highest BCUT2D eigenvalue weighted by Gasteiger charge is 2.69. The minimum absolute atomic E-state index is 0.114. The summed E-state index contributed by atoms with van der Waals surface area (Å²) in [5, 5.41) is -0.378. The molecule has 2 aromatic carbocycles. The first-order valence-corrected chi connectivity index (χ1v) is 9.84. The zero-order valence-electron chi connectivity index (χ0n) is 13.7. The van der Waals surface area contributed by atoms with Gasteiger partial charge in [-0.1, -0.05) is 23.7 Å². The number of benzene rings is 2. The highest BCUT2D eigenvalue weighted by Crippen LogP contribution is 2.55. The van der Waals surface area contributed by atoms with E-state index in [4.69, 9.17) is 22.1 Å². The summed E-state index contributed by atoms with van der Waals surface area (Å²) in [7, 11) is -3.69. The average Bonchev–Trinajstić information content (AvgIpc) is 3.21. The van der Waals surface area contributed by atoms with Gasteiger partial charge >= 0.3 is 0 Å². The van der Waals surface area contributed by atoms with Gasteiger partial charge in [-0.15, -0.1) is 0 Å². The first-order chi connectivity index (χ1) is 11.8. The molecule has 2 N–H and O–H groups in total. The second-order valence-corrected chi connectivity index (χ2v) is 8.70. The predicted octanol–water partition coefficient (Wildman–Crippen LogP) is 3.15. The molecule has 0 saturated heterocycles. The minimum atomic E-state index is -3.69. The molecule has 0 heterocycles. The fourth-order valence-electron chi connectivity index (χ4n) is 3.27. The van der Waals surface area contributed by atoms with Crippen LogP contribution < -0.4 is 5.73 Å². The van der Waals surface area contributed by atoms with Gasteiger partial charge in [-0.2, -0.15) is 0 Å². The summed E-state index contributed by atoms with van der Waals surface area (Å²) >= 11 is 5.85. The van der Waals surface area contributed by atoms with Crippen LogP contribution >= 0.6 is 11.6 Å². The SMILES string of the molecule is CCOC[C@@]1(N)[C@H](c2ccc(F)cc2)[C@@H]1S(=O)(=O)c1ccc(Cl)cc1. The fraction of sp³-hybridized carbons (Fsp3) is 0.333. The van der Waals surface area contributed by atoms with Gasteiger partial charge in [0.15, 0.2) is 9.84 Å². The van der Waals surface area contributed by atoms with Crippen molar-refractivity contribution in [3.05, 3.63) is 64.9 Å². The molecule has 3 rings (SSSR count). The number of hydrogen-bond acceptors (Lipinski definition) is 4. The van der Waals surface area contributed by atoms with Crippen molar-refractivity contribution in [3.63, 3.8) is 0 Å². The maximum atomic E-state index is 13.2. The lowest BCUT2D eigenvalue weighted by Gasteiger charge is -2.12. The maximum absolute atomic E-state index is 13.2. The van der Waals surface area contributed by atoms with E-state index in [1.165, 1.54) is 36.4 Å². The molecule has 25 heavy (non-hydrogen) atoms. The number of nitrogens with two attached hydrogens (primary N) is 1. The number of rotatable bonds is 6. The largest absolute Gasteiger partial charge is 0.380 e. The van der Waals surface area contributed by atoms with Crippen LogP contribution in [0.25, 0.3) is 0 Å². The molecule has 2 aromatic rings. The first kappa shape index (κ1) is 18.3. The molecular formula is C18H19ClFNO3S. The Kier molecular flexibility index (Phi) is 4.90. The van der Waals surface area contributed by atoms with E-state index in [2.05, 4.69) is 0 Å². The summed E-state index contributed by atoms with van der Waals surface area (Å²) in [5.74, 6) is -0.839. The summed E-state index contributed by atoms with van der Waals surface area (Å²) in [6.07, 6.45) is 0.